The lowest BCUT2D eigenvalue weighted by Gasteiger charge is -2.34. The lowest BCUT2D eigenvalue weighted by molar-refractivity contribution is 0.0299. The highest BCUT2D eigenvalue weighted by Crippen LogP contribution is 2.27. The first kappa shape index (κ1) is 15.5. The third-order valence-electron chi connectivity index (χ3n) is 4.74. The summed E-state index contributed by atoms with van der Waals surface area (Å²) in [5.74, 6) is 0.470. The van der Waals surface area contributed by atoms with E-state index in [2.05, 4.69) is 28.9 Å². The summed E-state index contributed by atoms with van der Waals surface area (Å²) in [4.78, 5) is 16.8. The van der Waals surface area contributed by atoms with E-state index >= 15 is 0 Å². The Morgan fingerprint density at radius 2 is 2.14 bits per heavy atom. The first-order valence-electron chi connectivity index (χ1n) is 8.31. The van der Waals surface area contributed by atoms with Crippen LogP contribution in [0.15, 0.2) is 6.07 Å². The van der Waals surface area contributed by atoms with E-state index in [1.807, 2.05) is 11.0 Å². The van der Waals surface area contributed by atoms with Gasteiger partial charge in [-0.2, -0.15) is 5.10 Å². The molecule has 1 amide bonds. The third kappa shape index (κ3) is 3.33. The van der Waals surface area contributed by atoms with Crippen LogP contribution in [-0.4, -0.2) is 71.3 Å². The molecular weight excluding hydrogens is 280 g/mol. The number of H-pyrrole nitrogens is 1. The number of piperidine rings is 1. The monoisotopic (exact) mass is 306 g/mol. The summed E-state index contributed by atoms with van der Waals surface area (Å²) in [5, 5.41) is 7.36. The second kappa shape index (κ2) is 6.79. The fourth-order valence-electron chi connectivity index (χ4n) is 3.31. The smallest absolute Gasteiger partial charge is 0.274 e. The molecule has 0 bridgehead atoms. The van der Waals surface area contributed by atoms with Crippen molar-refractivity contribution >= 4 is 5.91 Å². The van der Waals surface area contributed by atoms with Gasteiger partial charge in [-0.05, 0) is 39.3 Å². The Bertz CT molecular complexity index is 508. The first-order valence-corrected chi connectivity index (χ1v) is 8.31. The van der Waals surface area contributed by atoms with Crippen LogP contribution in [0.2, 0.25) is 0 Å². The standard InChI is InChI=1S/C16H26N4O2/c1-12(2)20-5-3-4-13(11-20)14-10-15(18-17-14)16(21)19-6-8-22-9-7-19/h10,12-13H,3-9,11H2,1-2H3,(H,17,18)/t13-/m0/s1. The van der Waals surface area contributed by atoms with Crippen molar-refractivity contribution in [3.63, 3.8) is 0 Å². The molecule has 0 spiro atoms. The molecule has 2 aliphatic heterocycles. The highest BCUT2D eigenvalue weighted by Gasteiger charge is 2.26. The maximum atomic E-state index is 12.4. The van der Waals surface area contributed by atoms with Gasteiger partial charge in [0.1, 0.15) is 5.69 Å². The molecule has 2 aliphatic rings. The molecule has 0 aromatic carbocycles. The number of likely N-dealkylation sites (tertiary alicyclic amines) is 1. The van der Waals surface area contributed by atoms with Gasteiger partial charge >= 0.3 is 0 Å². The minimum absolute atomic E-state index is 0.0160. The molecule has 3 rings (SSSR count). The largest absolute Gasteiger partial charge is 0.378 e. The molecular formula is C16H26N4O2. The minimum atomic E-state index is 0.0160. The molecule has 0 aliphatic carbocycles. The van der Waals surface area contributed by atoms with Crippen LogP contribution in [0.4, 0.5) is 0 Å². The number of aromatic nitrogens is 2. The van der Waals surface area contributed by atoms with E-state index in [0.29, 0.717) is 44.0 Å². The third-order valence-corrected chi connectivity index (χ3v) is 4.74. The van der Waals surface area contributed by atoms with Gasteiger partial charge in [0.15, 0.2) is 0 Å². The number of nitrogens with zero attached hydrogens (tertiary/aromatic N) is 3. The zero-order valence-electron chi connectivity index (χ0n) is 13.5. The van der Waals surface area contributed by atoms with Crippen LogP contribution in [0.1, 0.15) is 48.8 Å². The Hall–Kier alpha value is -1.40. The molecule has 1 atom stereocenters. The van der Waals surface area contributed by atoms with Gasteiger partial charge in [-0.25, -0.2) is 0 Å². The molecule has 2 saturated heterocycles. The highest BCUT2D eigenvalue weighted by atomic mass is 16.5. The molecule has 2 fully saturated rings. The van der Waals surface area contributed by atoms with Crippen LogP contribution in [0.25, 0.3) is 0 Å². The van der Waals surface area contributed by atoms with E-state index in [4.69, 9.17) is 4.74 Å². The Labute approximate surface area is 131 Å². The van der Waals surface area contributed by atoms with Crippen molar-refractivity contribution in [2.45, 2.75) is 38.6 Å². The van der Waals surface area contributed by atoms with Crippen molar-refractivity contribution in [3.05, 3.63) is 17.5 Å². The second-order valence-corrected chi connectivity index (χ2v) is 6.54. The number of ether oxygens (including phenoxy) is 1. The van der Waals surface area contributed by atoms with Crippen LogP contribution in [0.5, 0.6) is 0 Å². The zero-order valence-corrected chi connectivity index (χ0v) is 13.5. The summed E-state index contributed by atoms with van der Waals surface area (Å²) in [6.45, 7) is 9.25. The molecule has 0 unspecified atom stereocenters. The molecule has 22 heavy (non-hydrogen) atoms. The lowest BCUT2D eigenvalue weighted by Crippen LogP contribution is -2.40. The van der Waals surface area contributed by atoms with Crippen molar-refractivity contribution < 1.29 is 9.53 Å². The van der Waals surface area contributed by atoms with Gasteiger partial charge in [0.2, 0.25) is 0 Å². The summed E-state index contributed by atoms with van der Waals surface area (Å²) >= 11 is 0. The van der Waals surface area contributed by atoms with Gasteiger partial charge in [-0.15, -0.1) is 0 Å². The number of hydrogen-bond donors (Lipinski definition) is 1. The van der Waals surface area contributed by atoms with Gasteiger partial charge in [-0.1, -0.05) is 0 Å². The van der Waals surface area contributed by atoms with Crippen LogP contribution in [-0.2, 0) is 4.74 Å². The fraction of sp³-hybridized carbons (Fsp3) is 0.750. The summed E-state index contributed by atoms with van der Waals surface area (Å²) in [5.41, 5.74) is 1.64. The van der Waals surface area contributed by atoms with Gasteiger partial charge in [0.25, 0.3) is 5.91 Å². The van der Waals surface area contributed by atoms with E-state index < -0.39 is 0 Å². The van der Waals surface area contributed by atoms with Gasteiger partial charge in [-0.3, -0.25) is 9.89 Å². The van der Waals surface area contributed by atoms with Gasteiger partial charge in [0.05, 0.1) is 13.2 Å². The summed E-state index contributed by atoms with van der Waals surface area (Å²) in [6.07, 6.45) is 2.37. The van der Waals surface area contributed by atoms with E-state index in [1.54, 1.807) is 0 Å². The van der Waals surface area contributed by atoms with Crippen LogP contribution in [0.3, 0.4) is 0 Å². The van der Waals surface area contributed by atoms with E-state index in [0.717, 1.165) is 18.7 Å². The number of rotatable bonds is 3. The van der Waals surface area contributed by atoms with Crippen LogP contribution >= 0.6 is 0 Å². The normalized spacial score (nSPS) is 24.0. The molecule has 6 heteroatoms. The Morgan fingerprint density at radius 3 is 2.86 bits per heavy atom. The quantitative estimate of drug-likeness (QED) is 0.918. The van der Waals surface area contributed by atoms with Gasteiger partial charge < -0.3 is 14.5 Å². The Balaban J connectivity index is 1.66. The number of carbonyl (C=O) groups excluding carboxylic acids is 1. The molecule has 1 aromatic heterocycles. The number of amides is 1. The average molecular weight is 306 g/mol. The van der Waals surface area contributed by atoms with Crippen molar-refractivity contribution in [2.75, 3.05) is 39.4 Å². The second-order valence-electron chi connectivity index (χ2n) is 6.54. The number of carbonyl (C=O) groups is 1. The van der Waals surface area contributed by atoms with E-state index in [-0.39, 0.29) is 5.91 Å². The Kier molecular flexibility index (Phi) is 4.78. The average Bonchev–Trinajstić information content (AvgIpc) is 3.05. The van der Waals surface area contributed by atoms with E-state index in [1.165, 1.54) is 13.0 Å². The summed E-state index contributed by atoms with van der Waals surface area (Å²) in [7, 11) is 0. The summed E-state index contributed by atoms with van der Waals surface area (Å²) < 4.78 is 5.29. The maximum absolute atomic E-state index is 12.4. The molecule has 0 saturated carbocycles. The lowest BCUT2D eigenvalue weighted by atomic mass is 9.94. The summed E-state index contributed by atoms with van der Waals surface area (Å²) in [6, 6.07) is 2.52. The molecule has 6 nitrogen and oxygen atoms in total. The molecule has 1 aromatic rings. The minimum Gasteiger partial charge on any atom is -0.378 e. The molecule has 1 N–H and O–H groups in total. The SMILES string of the molecule is CC(C)N1CCC[C@H](c2cc(C(=O)N3CCOCC3)n[nH]2)C1. The molecule has 3 heterocycles. The first-order chi connectivity index (χ1) is 10.6. The number of aromatic amines is 1. The van der Waals surface area contributed by atoms with Crippen molar-refractivity contribution in [1.82, 2.24) is 20.0 Å². The zero-order chi connectivity index (χ0) is 15.5. The fourth-order valence-corrected chi connectivity index (χ4v) is 3.31. The van der Waals surface area contributed by atoms with Gasteiger partial charge in [0, 0.05) is 37.3 Å². The molecule has 0 radical (unpaired) electrons. The predicted molar refractivity (Wildman–Crippen MR) is 84.0 cm³/mol. The number of morpholine rings is 1. The predicted octanol–water partition coefficient (Wildman–Crippen LogP) is 1.47. The highest BCUT2D eigenvalue weighted by molar-refractivity contribution is 5.92. The number of hydrogen-bond acceptors (Lipinski definition) is 4. The Morgan fingerprint density at radius 1 is 1.36 bits per heavy atom. The van der Waals surface area contributed by atoms with Crippen molar-refractivity contribution in [1.29, 1.82) is 0 Å². The maximum Gasteiger partial charge on any atom is 0.274 e. The van der Waals surface area contributed by atoms with Crippen molar-refractivity contribution in [2.24, 2.45) is 0 Å². The topological polar surface area (TPSA) is 61.5 Å². The number of nitrogens with one attached hydrogen (secondary N) is 1. The van der Waals surface area contributed by atoms with Crippen molar-refractivity contribution in [3.8, 4) is 0 Å². The van der Waals surface area contributed by atoms with E-state index in [9.17, 15) is 4.79 Å². The molecule has 122 valence electrons. The van der Waals surface area contributed by atoms with Crippen LogP contribution < -0.4 is 0 Å². The van der Waals surface area contributed by atoms with Crippen LogP contribution in [0, 0.1) is 0 Å².